The van der Waals surface area contributed by atoms with E-state index in [2.05, 4.69) is 29.0 Å². The molecule has 2 aromatic rings. The monoisotopic (exact) mass is 438 g/mol. The van der Waals surface area contributed by atoms with Crippen molar-refractivity contribution >= 4 is 23.2 Å². The minimum atomic E-state index is -0.593. The Morgan fingerprint density at radius 3 is 2.31 bits per heavy atom. The van der Waals surface area contributed by atoms with Crippen molar-refractivity contribution in [2.45, 2.75) is 20.4 Å². The van der Waals surface area contributed by atoms with E-state index in [1.54, 1.807) is 4.90 Å². The Labute approximate surface area is 188 Å². The van der Waals surface area contributed by atoms with Gasteiger partial charge >= 0.3 is 11.8 Å². The number of ether oxygens (including phenoxy) is 2. The van der Waals surface area contributed by atoms with Crippen molar-refractivity contribution < 1.29 is 19.1 Å². The van der Waals surface area contributed by atoms with Gasteiger partial charge in [-0.3, -0.25) is 14.5 Å². The number of nitrogens with zero attached hydrogens (tertiary/aromatic N) is 3. The first-order valence-corrected chi connectivity index (χ1v) is 11.1. The number of rotatable bonds is 6. The molecule has 32 heavy (non-hydrogen) atoms. The largest absolute Gasteiger partial charge is 0.454 e. The van der Waals surface area contributed by atoms with Gasteiger partial charge in [0.15, 0.2) is 11.5 Å². The fourth-order valence-electron chi connectivity index (χ4n) is 4.08. The molecule has 1 fully saturated rings. The van der Waals surface area contributed by atoms with Gasteiger partial charge in [-0.15, -0.1) is 0 Å². The van der Waals surface area contributed by atoms with Crippen LogP contribution in [0.4, 0.5) is 11.4 Å². The van der Waals surface area contributed by atoms with Crippen molar-refractivity contribution in [2.24, 2.45) is 0 Å². The van der Waals surface area contributed by atoms with Crippen molar-refractivity contribution in [2.75, 3.05) is 56.3 Å². The van der Waals surface area contributed by atoms with E-state index in [1.807, 2.05) is 42.5 Å². The lowest BCUT2D eigenvalue weighted by Gasteiger charge is -2.34. The Bertz CT molecular complexity index is 951. The van der Waals surface area contributed by atoms with Crippen LogP contribution in [0.1, 0.15) is 19.4 Å². The maximum Gasteiger partial charge on any atom is 0.313 e. The van der Waals surface area contributed by atoms with Gasteiger partial charge in [-0.05, 0) is 55.8 Å². The molecule has 0 unspecified atom stereocenters. The third-order valence-electron chi connectivity index (χ3n) is 5.95. The van der Waals surface area contributed by atoms with Crippen LogP contribution in [0.25, 0.3) is 0 Å². The fourth-order valence-corrected chi connectivity index (χ4v) is 4.08. The van der Waals surface area contributed by atoms with E-state index in [0.717, 1.165) is 42.4 Å². The van der Waals surface area contributed by atoms with E-state index in [-0.39, 0.29) is 6.79 Å². The zero-order valence-electron chi connectivity index (χ0n) is 18.7. The molecular formula is C24H30N4O4. The summed E-state index contributed by atoms with van der Waals surface area (Å²) in [6.45, 7) is 9.56. The van der Waals surface area contributed by atoms with Gasteiger partial charge in [0.2, 0.25) is 6.79 Å². The molecule has 0 atom stereocenters. The summed E-state index contributed by atoms with van der Waals surface area (Å²) >= 11 is 0. The maximum atomic E-state index is 12.6. The smallest absolute Gasteiger partial charge is 0.313 e. The molecule has 2 aliphatic heterocycles. The Kier molecular flexibility index (Phi) is 6.80. The Morgan fingerprint density at radius 1 is 0.938 bits per heavy atom. The van der Waals surface area contributed by atoms with Gasteiger partial charge in [0.1, 0.15) is 0 Å². The van der Waals surface area contributed by atoms with E-state index in [1.165, 1.54) is 0 Å². The van der Waals surface area contributed by atoms with Gasteiger partial charge in [-0.1, -0.05) is 6.07 Å². The van der Waals surface area contributed by atoms with Crippen LogP contribution in [-0.2, 0) is 16.1 Å². The van der Waals surface area contributed by atoms with Crippen LogP contribution in [0.15, 0.2) is 42.5 Å². The zero-order chi connectivity index (χ0) is 22.5. The van der Waals surface area contributed by atoms with Gasteiger partial charge < -0.3 is 24.6 Å². The molecular weight excluding hydrogens is 408 g/mol. The minimum Gasteiger partial charge on any atom is -0.454 e. The van der Waals surface area contributed by atoms with Gasteiger partial charge in [0.25, 0.3) is 0 Å². The van der Waals surface area contributed by atoms with Gasteiger partial charge in [0, 0.05) is 57.2 Å². The number of carbonyl (C=O) groups is 2. The van der Waals surface area contributed by atoms with E-state index in [0.29, 0.717) is 31.9 Å². The highest BCUT2D eigenvalue weighted by Crippen LogP contribution is 2.32. The van der Waals surface area contributed by atoms with Crippen LogP contribution in [0, 0.1) is 0 Å². The Hall–Kier alpha value is -3.26. The second kappa shape index (κ2) is 9.91. The minimum absolute atomic E-state index is 0.266. The molecule has 2 amide bonds. The lowest BCUT2D eigenvalue weighted by molar-refractivity contribution is -0.144. The van der Waals surface area contributed by atoms with E-state index in [9.17, 15) is 9.59 Å². The predicted molar refractivity (Wildman–Crippen MR) is 123 cm³/mol. The second-order valence-corrected chi connectivity index (χ2v) is 7.93. The van der Waals surface area contributed by atoms with Crippen molar-refractivity contribution in [3.63, 3.8) is 0 Å². The van der Waals surface area contributed by atoms with Crippen LogP contribution in [0.2, 0.25) is 0 Å². The van der Waals surface area contributed by atoms with Crippen LogP contribution in [-0.4, -0.2) is 67.7 Å². The summed E-state index contributed by atoms with van der Waals surface area (Å²) in [5.41, 5.74) is 2.86. The predicted octanol–water partition coefficient (Wildman–Crippen LogP) is 2.54. The Balaban J connectivity index is 1.26. The molecule has 2 aromatic carbocycles. The summed E-state index contributed by atoms with van der Waals surface area (Å²) in [4.78, 5) is 31.2. The number of amides is 2. The highest BCUT2D eigenvalue weighted by molar-refractivity contribution is 6.39. The van der Waals surface area contributed by atoms with Crippen LogP contribution in [0.3, 0.4) is 0 Å². The summed E-state index contributed by atoms with van der Waals surface area (Å²) < 4.78 is 10.8. The van der Waals surface area contributed by atoms with Crippen LogP contribution >= 0.6 is 0 Å². The van der Waals surface area contributed by atoms with Gasteiger partial charge in [-0.2, -0.15) is 0 Å². The molecule has 0 radical (unpaired) electrons. The first-order valence-electron chi connectivity index (χ1n) is 11.1. The average molecular weight is 439 g/mol. The number of benzene rings is 2. The molecule has 8 nitrogen and oxygen atoms in total. The number of hydrogen-bond donors (Lipinski definition) is 1. The summed E-state index contributed by atoms with van der Waals surface area (Å²) in [5, 5.41) is 2.73. The molecule has 0 saturated carbocycles. The highest BCUT2D eigenvalue weighted by Gasteiger charge is 2.26. The van der Waals surface area contributed by atoms with Crippen molar-refractivity contribution in [1.82, 2.24) is 9.80 Å². The molecule has 1 saturated heterocycles. The average Bonchev–Trinajstić information content (AvgIpc) is 3.29. The normalized spacial score (nSPS) is 15.5. The number of carbonyl (C=O) groups excluding carboxylic acids is 2. The number of hydrogen-bond acceptors (Lipinski definition) is 6. The molecule has 2 heterocycles. The molecule has 0 bridgehead atoms. The first kappa shape index (κ1) is 22.0. The van der Waals surface area contributed by atoms with Crippen molar-refractivity contribution in [3.8, 4) is 11.5 Å². The number of anilines is 2. The summed E-state index contributed by atoms with van der Waals surface area (Å²) in [6, 6.07) is 13.5. The third-order valence-corrected chi connectivity index (χ3v) is 5.95. The number of fused-ring (bicyclic) bond motifs is 1. The lowest BCUT2D eigenvalue weighted by Crippen LogP contribution is -2.51. The fraction of sp³-hybridized carbons (Fsp3) is 0.417. The molecule has 1 N–H and O–H groups in total. The van der Waals surface area contributed by atoms with Gasteiger partial charge in [-0.25, -0.2) is 0 Å². The molecule has 0 spiro atoms. The number of nitrogens with one attached hydrogen (secondary N) is 1. The topological polar surface area (TPSA) is 74.4 Å². The lowest BCUT2D eigenvalue weighted by atomic mass is 10.1. The van der Waals surface area contributed by atoms with E-state index < -0.39 is 11.8 Å². The molecule has 0 aromatic heterocycles. The quantitative estimate of drug-likeness (QED) is 0.699. The van der Waals surface area contributed by atoms with Crippen LogP contribution < -0.4 is 19.7 Å². The Morgan fingerprint density at radius 2 is 1.62 bits per heavy atom. The molecule has 2 aliphatic rings. The molecule has 0 aliphatic carbocycles. The maximum absolute atomic E-state index is 12.6. The second-order valence-electron chi connectivity index (χ2n) is 7.93. The summed E-state index contributed by atoms with van der Waals surface area (Å²) in [6.07, 6.45) is 0. The summed E-state index contributed by atoms with van der Waals surface area (Å²) in [7, 11) is 0. The van der Waals surface area contributed by atoms with Crippen molar-refractivity contribution in [1.29, 1.82) is 0 Å². The van der Waals surface area contributed by atoms with Crippen molar-refractivity contribution in [3.05, 3.63) is 48.0 Å². The standard InChI is InChI=1S/C24H30N4O4/c1-3-27(4-2)20-8-6-19(7-9-20)25-23(29)24(30)28-13-11-26(12-14-28)16-18-5-10-21-22(15-18)32-17-31-21/h5-10,15H,3-4,11-14,16-17H2,1-2H3,(H,25,29). The number of piperazine rings is 1. The summed E-state index contributed by atoms with van der Waals surface area (Å²) in [5.74, 6) is 0.473. The molecule has 8 heteroatoms. The van der Waals surface area contributed by atoms with E-state index in [4.69, 9.17) is 9.47 Å². The zero-order valence-corrected chi connectivity index (χ0v) is 18.7. The van der Waals surface area contributed by atoms with E-state index >= 15 is 0 Å². The SMILES string of the molecule is CCN(CC)c1ccc(NC(=O)C(=O)N2CCN(Cc3ccc4c(c3)OCO4)CC2)cc1. The van der Waals surface area contributed by atoms with Gasteiger partial charge in [0.05, 0.1) is 0 Å². The first-order chi connectivity index (χ1) is 15.6. The third kappa shape index (κ3) is 4.96. The molecule has 4 rings (SSSR count). The highest BCUT2D eigenvalue weighted by atomic mass is 16.7. The van der Waals surface area contributed by atoms with Crippen LogP contribution in [0.5, 0.6) is 11.5 Å². The molecule has 170 valence electrons.